The summed E-state index contributed by atoms with van der Waals surface area (Å²) < 4.78 is 77.6. The van der Waals surface area contributed by atoms with Crippen LogP contribution in [0.4, 0.5) is 36.8 Å². The molecule has 0 aromatic heterocycles. The number of carbonyl (C=O) groups is 1. The minimum atomic E-state index is -5.69. The van der Waals surface area contributed by atoms with Gasteiger partial charge in [0.15, 0.2) is 0 Å². The highest BCUT2D eigenvalue weighted by Gasteiger charge is 2.70. The van der Waals surface area contributed by atoms with Crippen LogP contribution in [0.15, 0.2) is 28.7 Å². The number of hydrogen-bond acceptors (Lipinski definition) is 1. The van der Waals surface area contributed by atoms with Crippen molar-refractivity contribution in [2.24, 2.45) is 0 Å². The Bertz CT molecular complexity index is 529. The Balaban J connectivity index is 3.06. The first-order valence-corrected chi connectivity index (χ1v) is 6.71. The molecular formula is C12H11BrF6N2O. The third-order valence-corrected chi connectivity index (χ3v) is 3.64. The molecular weight excluding hydrogens is 382 g/mol. The van der Waals surface area contributed by atoms with E-state index in [2.05, 4.69) is 15.9 Å². The van der Waals surface area contributed by atoms with Crippen LogP contribution in [0.5, 0.6) is 0 Å². The Hall–Kier alpha value is -1.45. The SMILES string of the molecule is CCC(NC(=O)Nc1ccccc1Br)(C(F)(F)F)C(F)(F)F. The molecule has 1 rings (SSSR count). The lowest BCUT2D eigenvalue weighted by molar-refractivity contribution is -0.304. The van der Waals surface area contributed by atoms with Gasteiger partial charge in [0.05, 0.1) is 5.69 Å². The van der Waals surface area contributed by atoms with E-state index in [-0.39, 0.29) is 5.69 Å². The zero-order chi connectivity index (χ0) is 17.2. The lowest BCUT2D eigenvalue weighted by Crippen LogP contribution is -2.67. The molecule has 1 aromatic carbocycles. The number of nitrogens with one attached hydrogen (secondary N) is 2. The van der Waals surface area contributed by atoms with E-state index in [1.807, 2.05) is 5.32 Å². The summed E-state index contributed by atoms with van der Waals surface area (Å²) in [6, 6.07) is 4.20. The highest BCUT2D eigenvalue weighted by molar-refractivity contribution is 9.10. The zero-order valence-corrected chi connectivity index (χ0v) is 12.7. The lowest BCUT2D eigenvalue weighted by atomic mass is 9.94. The second kappa shape index (κ2) is 6.35. The van der Waals surface area contributed by atoms with Crippen LogP contribution in [0, 0.1) is 0 Å². The summed E-state index contributed by atoms with van der Waals surface area (Å²) in [6.45, 7) is 0.694. The van der Waals surface area contributed by atoms with Crippen molar-refractivity contribution in [3.63, 3.8) is 0 Å². The minimum Gasteiger partial charge on any atom is -0.316 e. The van der Waals surface area contributed by atoms with Gasteiger partial charge in [-0.25, -0.2) is 4.79 Å². The topological polar surface area (TPSA) is 41.1 Å². The van der Waals surface area contributed by atoms with Crippen LogP contribution in [-0.2, 0) is 0 Å². The van der Waals surface area contributed by atoms with Gasteiger partial charge in [0.25, 0.3) is 0 Å². The van der Waals surface area contributed by atoms with Crippen molar-refractivity contribution in [3.05, 3.63) is 28.7 Å². The average Bonchev–Trinajstić information content (AvgIpc) is 2.35. The van der Waals surface area contributed by atoms with E-state index in [4.69, 9.17) is 0 Å². The number of amides is 2. The Morgan fingerprint density at radius 3 is 2.00 bits per heavy atom. The summed E-state index contributed by atoms with van der Waals surface area (Å²) in [5.74, 6) is 0. The summed E-state index contributed by atoms with van der Waals surface area (Å²) in [6.07, 6.45) is -12.8. The normalized spacial score (nSPS) is 12.9. The molecule has 0 aliphatic rings. The maximum Gasteiger partial charge on any atom is 0.420 e. The molecule has 1 aromatic rings. The van der Waals surface area contributed by atoms with Crippen LogP contribution in [0.2, 0.25) is 0 Å². The van der Waals surface area contributed by atoms with Gasteiger partial charge < -0.3 is 10.6 Å². The van der Waals surface area contributed by atoms with E-state index in [1.165, 1.54) is 18.2 Å². The van der Waals surface area contributed by atoms with Crippen molar-refractivity contribution in [1.29, 1.82) is 0 Å². The summed E-state index contributed by atoms with van der Waals surface area (Å²) in [4.78, 5) is 11.6. The Labute approximate surface area is 130 Å². The molecule has 0 unspecified atom stereocenters. The molecule has 22 heavy (non-hydrogen) atoms. The summed E-state index contributed by atoms with van der Waals surface area (Å²) in [5.41, 5.74) is -4.28. The van der Waals surface area contributed by atoms with Gasteiger partial charge in [-0.3, -0.25) is 0 Å². The standard InChI is InChI=1S/C12H11BrF6N2O/c1-2-10(11(14,15)16,12(17,18)19)21-9(22)20-8-6-4-3-5-7(8)13/h3-6H,2H2,1H3,(H2,20,21,22). The van der Waals surface area contributed by atoms with Crippen molar-refractivity contribution in [2.75, 3.05) is 5.32 Å². The Morgan fingerprint density at radius 1 is 1.09 bits per heavy atom. The van der Waals surface area contributed by atoms with Gasteiger partial charge in [0, 0.05) is 4.47 Å². The van der Waals surface area contributed by atoms with E-state index in [1.54, 1.807) is 6.07 Å². The zero-order valence-electron chi connectivity index (χ0n) is 11.1. The monoisotopic (exact) mass is 392 g/mol. The molecule has 0 spiro atoms. The molecule has 0 saturated heterocycles. The molecule has 3 nitrogen and oxygen atoms in total. The fourth-order valence-electron chi connectivity index (χ4n) is 1.70. The van der Waals surface area contributed by atoms with Crippen LogP contribution < -0.4 is 10.6 Å². The number of urea groups is 1. The Kier molecular flexibility index (Phi) is 5.37. The van der Waals surface area contributed by atoms with Crippen LogP contribution in [0.25, 0.3) is 0 Å². The largest absolute Gasteiger partial charge is 0.420 e. The molecule has 0 atom stereocenters. The van der Waals surface area contributed by atoms with Crippen LogP contribution >= 0.6 is 15.9 Å². The number of alkyl halides is 6. The molecule has 0 bridgehead atoms. The molecule has 124 valence electrons. The number of hydrogen-bond donors (Lipinski definition) is 2. The molecule has 0 saturated carbocycles. The summed E-state index contributed by atoms with van der Waals surface area (Å²) in [5, 5.41) is 2.96. The third-order valence-electron chi connectivity index (χ3n) is 2.95. The van der Waals surface area contributed by atoms with Crippen molar-refractivity contribution in [3.8, 4) is 0 Å². The third kappa shape index (κ3) is 3.65. The summed E-state index contributed by atoms with van der Waals surface area (Å²) in [7, 11) is 0. The number of anilines is 1. The van der Waals surface area contributed by atoms with E-state index < -0.39 is 30.3 Å². The number of rotatable bonds is 3. The second-order valence-corrected chi connectivity index (χ2v) is 5.17. The van der Waals surface area contributed by atoms with Gasteiger partial charge in [-0.2, -0.15) is 26.3 Å². The van der Waals surface area contributed by atoms with Crippen molar-refractivity contribution >= 4 is 27.6 Å². The lowest BCUT2D eigenvalue weighted by Gasteiger charge is -2.37. The fourth-order valence-corrected chi connectivity index (χ4v) is 2.09. The first kappa shape index (κ1) is 18.6. The highest BCUT2D eigenvalue weighted by Crippen LogP contribution is 2.45. The van der Waals surface area contributed by atoms with Crippen molar-refractivity contribution in [2.45, 2.75) is 31.2 Å². The number of para-hydroxylation sites is 1. The maximum absolute atomic E-state index is 12.9. The smallest absolute Gasteiger partial charge is 0.316 e. The van der Waals surface area contributed by atoms with Gasteiger partial charge in [0.2, 0.25) is 5.54 Å². The molecule has 10 heteroatoms. The molecule has 0 heterocycles. The van der Waals surface area contributed by atoms with Crippen LogP contribution in [0.3, 0.4) is 0 Å². The maximum atomic E-state index is 12.9. The van der Waals surface area contributed by atoms with Gasteiger partial charge in [0.1, 0.15) is 0 Å². The highest BCUT2D eigenvalue weighted by atomic mass is 79.9. The number of halogens is 7. The predicted molar refractivity (Wildman–Crippen MR) is 71.4 cm³/mol. The van der Waals surface area contributed by atoms with Gasteiger partial charge >= 0.3 is 18.4 Å². The molecule has 0 aliphatic heterocycles. The predicted octanol–water partition coefficient (Wildman–Crippen LogP) is 4.84. The van der Waals surface area contributed by atoms with E-state index in [9.17, 15) is 31.1 Å². The molecule has 0 radical (unpaired) electrons. The minimum absolute atomic E-state index is 0.0364. The number of carbonyl (C=O) groups excluding carboxylic acids is 1. The molecule has 0 fully saturated rings. The summed E-state index contributed by atoms with van der Waals surface area (Å²) >= 11 is 3.01. The second-order valence-electron chi connectivity index (χ2n) is 4.31. The van der Waals surface area contributed by atoms with Crippen molar-refractivity contribution < 1.29 is 31.1 Å². The fraction of sp³-hybridized carbons (Fsp3) is 0.417. The van der Waals surface area contributed by atoms with Crippen LogP contribution in [-0.4, -0.2) is 23.9 Å². The molecule has 2 N–H and O–H groups in total. The average molecular weight is 393 g/mol. The number of benzene rings is 1. The van der Waals surface area contributed by atoms with Gasteiger partial charge in [-0.05, 0) is 34.5 Å². The van der Waals surface area contributed by atoms with E-state index in [0.29, 0.717) is 11.4 Å². The van der Waals surface area contributed by atoms with Gasteiger partial charge in [-0.1, -0.05) is 19.1 Å². The van der Waals surface area contributed by atoms with Crippen LogP contribution in [0.1, 0.15) is 13.3 Å². The van der Waals surface area contributed by atoms with E-state index >= 15 is 0 Å². The molecule has 0 aliphatic carbocycles. The van der Waals surface area contributed by atoms with E-state index in [0.717, 1.165) is 5.32 Å². The van der Waals surface area contributed by atoms with Crippen molar-refractivity contribution in [1.82, 2.24) is 5.32 Å². The first-order chi connectivity index (χ1) is 9.94. The first-order valence-electron chi connectivity index (χ1n) is 5.92. The quantitative estimate of drug-likeness (QED) is 0.709. The Morgan fingerprint density at radius 2 is 1.59 bits per heavy atom. The molecule has 2 amide bonds. The van der Waals surface area contributed by atoms with Gasteiger partial charge in [-0.15, -0.1) is 0 Å².